The first-order valence-electron chi connectivity index (χ1n) is 6.55. The molecular formula is C18H12N2S. The molecule has 0 fully saturated rings. The van der Waals surface area contributed by atoms with Gasteiger partial charge in [0.25, 0.3) is 0 Å². The van der Waals surface area contributed by atoms with Crippen LogP contribution in [0.2, 0.25) is 0 Å². The molecule has 0 bridgehead atoms. The van der Waals surface area contributed by atoms with E-state index < -0.39 is 0 Å². The van der Waals surface area contributed by atoms with Gasteiger partial charge in [0.15, 0.2) is 0 Å². The van der Waals surface area contributed by atoms with E-state index in [1.54, 1.807) is 18.0 Å². The van der Waals surface area contributed by atoms with Crippen molar-refractivity contribution in [3.05, 3.63) is 78.5 Å². The van der Waals surface area contributed by atoms with Gasteiger partial charge < -0.3 is 0 Å². The van der Waals surface area contributed by atoms with Crippen LogP contribution < -0.4 is 0 Å². The fraction of sp³-hybridized carbons (Fsp3) is 0. The van der Waals surface area contributed by atoms with Crippen LogP contribution in [0.25, 0.3) is 11.3 Å². The molecular weight excluding hydrogens is 276 g/mol. The predicted molar refractivity (Wildman–Crippen MR) is 85.0 cm³/mol. The number of hydrogen-bond acceptors (Lipinski definition) is 3. The van der Waals surface area contributed by atoms with Gasteiger partial charge in [-0.2, -0.15) is 5.26 Å². The normalized spacial score (nSPS) is 10.0. The van der Waals surface area contributed by atoms with Crippen molar-refractivity contribution in [1.29, 1.82) is 5.26 Å². The summed E-state index contributed by atoms with van der Waals surface area (Å²) in [6.07, 6.45) is 1.78. The molecule has 3 aromatic rings. The largest absolute Gasteiger partial charge is 0.256 e. The van der Waals surface area contributed by atoms with E-state index in [0.29, 0.717) is 5.56 Å². The van der Waals surface area contributed by atoms with E-state index in [2.05, 4.69) is 23.2 Å². The summed E-state index contributed by atoms with van der Waals surface area (Å²) in [5, 5.41) is 9.11. The molecule has 100 valence electrons. The first kappa shape index (κ1) is 13.4. The van der Waals surface area contributed by atoms with Crippen molar-refractivity contribution in [1.82, 2.24) is 4.98 Å². The maximum atomic E-state index is 9.11. The third-order valence-corrected chi connectivity index (χ3v) is 4.09. The zero-order chi connectivity index (χ0) is 14.5. The predicted octanol–water partition coefficient (Wildman–Crippen LogP) is 4.77. The lowest BCUT2D eigenvalue weighted by atomic mass is 10.1. The minimum atomic E-state index is 0.660. The van der Waals surface area contributed by atoms with Crippen molar-refractivity contribution in [3.8, 4) is 17.3 Å². The number of hydrogen-bond donors (Lipinski definition) is 0. The van der Waals surface area contributed by atoms with Crippen LogP contribution in [0.5, 0.6) is 0 Å². The summed E-state index contributed by atoms with van der Waals surface area (Å²) in [4.78, 5) is 6.59. The minimum absolute atomic E-state index is 0.660. The summed E-state index contributed by atoms with van der Waals surface area (Å²) in [7, 11) is 0. The third-order valence-electron chi connectivity index (χ3n) is 3.02. The number of aromatic nitrogens is 1. The number of pyridine rings is 1. The highest BCUT2D eigenvalue weighted by molar-refractivity contribution is 7.99. The van der Waals surface area contributed by atoms with E-state index in [9.17, 15) is 0 Å². The van der Waals surface area contributed by atoms with Gasteiger partial charge in [-0.1, -0.05) is 42.1 Å². The quantitative estimate of drug-likeness (QED) is 0.696. The SMILES string of the molecule is N#Cc1ccc(-c2ccccn2)c(Sc2ccccc2)c1. The van der Waals surface area contributed by atoms with Crippen LogP contribution in [0.4, 0.5) is 0 Å². The maximum absolute atomic E-state index is 9.11. The third kappa shape index (κ3) is 3.13. The smallest absolute Gasteiger partial charge is 0.0992 e. The summed E-state index contributed by atoms with van der Waals surface area (Å²) in [5.41, 5.74) is 2.62. The van der Waals surface area contributed by atoms with Gasteiger partial charge >= 0.3 is 0 Å². The van der Waals surface area contributed by atoms with E-state index in [1.165, 1.54) is 0 Å². The van der Waals surface area contributed by atoms with Gasteiger partial charge in [-0.05, 0) is 36.4 Å². The van der Waals surface area contributed by atoms with Gasteiger partial charge in [-0.25, -0.2) is 0 Å². The maximum Gasteiger partial charge on any atom is 0.0992 e. The Morgan fingerprint density at radius 2 is 1.71 bits per heavy atom. The molecule has 0 unspecified atom stereocenters. The van der Waals surface area contributed by atoms with E-state index in [1.807, 2.05) is 54.6 Å². The Morgan fingerprint density at radius 3 is 2.43 bits per heavy atom. The van der Waals surface area contributed by atoms with Gasteiger partial charge in [0.2, 0.25) is 0 Å². The Balaban J connectivity index is 2.06. The number of nitrogens with zero attached hydrogens (tertiary/aromatic N) is 2. The Kier molecular flexibility index (Phi) is 3.99. The molecule has 2 aromatic carbocycles. The molecule has 21 heavy (non-hydrogen) atoms. The molecule has 0 saturated heterocycles. The summed E-state index contributed by atoms with van der Waals surface area (Å²) in [5.74, 6) is 0. The highest BCUT2D eigenvalue weighted by Crippen LogP contribution is 2.35. The zero-order valence-corrected chi connectivity index (χ0v) is 12.0. The average Bonchev–Trinajstić information content (AvgIpc) is 2.56. The van der Waals surface area contributed by atoms with Crippen molar-refractivity contribution in [2.24, 2.45) is 0 Å². The second-order valence-corrected chi connectivity index (χ2v) is 5.57. The molecule has 3 heteroatoms. The fourth-order valence-corrected chi connectivity index (χ4v) is 3.04. The van der Waals surface area contributed by atoms with Gasteiger partial charge in [-0.15, -0.1) is 0 Å². The zero-order valence-electron chi connectivity index (χ0n) is 11.2. The highest BCUT2D eigenvalue weighted by Gasteiger charge is 2.09. The topological polar surface area (TPSA) is 36.7 Å². The van der Waals surface area contributed by atoms with Gasteiger partial charge in [0.05, 0.1) is 17.3 Å². The molecule has 1 heterocycles. The van der Waals surface area contributed by atoms with Crippen LogP contribution in [0.1, 0.15) is 5.56 Å². The van der Waals surface area contributed by atoms with E-state index in [0.717, 1.165) is 21.0 Å². The summed E-state index contributed by atoms with van der Waals surface area (Å²) >= 11 is 1.65. The number of benzene rings is 2. The van der Waals surface area contributed by atoms with Crippen LogP contribution >= 0.6 is 11.8 Å². The summed E-state index contributed by atoms with van der Waals surface area (Å²) in [6, 6.07) is 23.9. The van der Waals surface area contributed by atoms with Crippen LogP contribution in [-0.2, 0) is 0 Å². The first-order chi connectivity index (χ1) is 10.4. The second-order valence-electron chi connectivity index (χ2n) is 4.45. The lowest BCUT2D eigenvalue weighted by molar-refractivity contribution is 1.28. The molecule has 0 atom stereocenters. The van der Waals surface area contributed by atoms with Crippen molar-refractivity contribution in [2.75, 3.05) is 0 Å². The average molecular weight is 288 g/mol. The molecule has 0 saturated carbocycles. The molecule has 0 amide bonds. The van der Waals surface area contributed by atoms with Crippen molar-refractivity contribution >= 4 is 11.8 Å². The van der Waals surface area contributed by atoms with Crippen LogP contribution in [0.3, 0.4) is 0 Å². The molecule has 2 nitrogen and oxygen atoms in total. The second kappa shape index (κ2) is 6.25. The molecule has 0 radical (unpaired) electrons. The van der Waals surface area contributed by atoms with Crippen LogP contribution in [0.15, 0.2) is 82.7 Å². The fourth-order valence-electron chi connectivity index (χ4n) is 2.03. The Hall–Kier alpha value is -2.57. The standard InChI is InChI=1S/C18H12N2S/c19-13-14-9-10-16(17-8-4-5-11-20-17)18(12-14)21-15-6-2-1-3-7-15/h1-12H. The summed E-state index contributed by atoms with van der Waals surface area (Å²) in [6.45, 7) is 0. The molecule has 1 aromatic heterocycles. The van der Waals surface area contributed by atoms with E-state index in [4.69, 9.17) is 5.26 Å². The van der Waals surface area contributed by atoms with E-state index in [-0.39, 0.29) is 0 Å². The van der Waals surface area contributed by atoms with Crippen molar-refractivity contribution in [3.63, 3.8) is 0 Å². The molecule has 0 aliphatic heterocycles. The number of rotatable bonds is 3. The monoisotopic (exact) mass is 288 g/mol. The Morgan fingerprint density at radius 1 is 0.905 bits per heavy atom. The Bertz CT molecular complexity index is 777. The van der Waals surface area contributed by atoms with Gasteiger partial charge in [0.1, 0.15) is 0 Å². The lowest BCUT2D eigenvalue weighted by Gasteiger charge is -2.09. The van der Waals surface area contributed by atoms with Gasteiger partial charge in [-0.3, -0.25) is 4.98 Å². The molecule has 0 spiro atoms. The first-order valence-corrected chi connectivity index (χ1v) is 7.37. The highest BCUT2D eigenvalue weighted by atomic mass is 32.2. The van der Waals surface area contributed by atoms with Crippen molar-refractivity contribution in [2.45, 2.75) is 9.79 Å². The minimum Gasteiger partial charge on any atom is -0.256 e. The van der Waals surface area contributed by atoms with Gasteiger partial charge in [0, 0.05) is 21.6 Å². The number of nitriles is 1. The molecule has 3 rings (SSSR count). The Labute approximate surface area is 128 Å². The van der Waals surface area contributed by atoms with Crippen LogP contribution in [-0.4, -0.2) is 4.98 Å². The molecule has 0 aliphatic carbocycles. The van der Waals surface area contributed by atoms with Crippen molar-refractivity contribution < 1.29 is 0 Å². The lowest BCUT2D eigenvalue weighted by Crippen LogP contribution is -1.87. The molecule has 0 N–H and O–H groups in total. The van der Waals surface area contributed by atoms with Crippen LogP contribution in [0, 0.1) is 11.3 Å². The van der Waals surface area contributed by atoms with E-state index >= 15 is 0 Å². The summed E-state index contributed by atoms with van der Waals surface area (Å²) < 4.78 is 0. The molecule has 0 aliphatic rings.